The van der Waals surface area contributed by atoms with E-state index in [2.05, 4.69) is 31.9 Å². The summed E-state index contributed by atoms with van der Waals surface area (Å²) in [4.78, 5) is 39.5. The van der Waals surface area contributed by atoms with E-state index in [0.29, 0.717) is 22.5 Å². The predicted octanol–water partition coefficient (Wildman–Crippen LogP) is 5.63. The Kier molecular flexibility index (Phi) is 10.5. The van der Waals surface area contributed by atoms with E-state index in [4.69, 9.17) is 5.14 Å². The normalized spacial score (nSPS) is 12.2. The maximum Gasteiger partial charge on any atom is 0.272 e. The number of amides is 3. The number of halogens is 1. The average molecular weight is 680 g/mol. The van der Waals surface area contributed by atoms with Gasteiger partial charge in [-0.1, -0.05) is 46.3 Å². The van der Waals surface area contributed by atoms with Crippen molar-refractivity contribution in [1.82, 2.24) is 5.32 Å². The van der Waals surface area contributed by atoms with Gasteiger partial charge in [0.05, 0.1) is 10.1 Å². The van der Waals surface area contributed by atoms with E-state index < -0.39 is 27.1 Å². The standard InChI is InChI=1S/C31H27BrN4O5S2/c1-20(29(37)34-25-12-16-27(17-13-25)43(33,40)41)42-26-14-10-24(11-15-26)35-31(39)28(19-21-6-5-9-23(32)18-21)36-30(38)22-7-3-2-4-8-22/h2-20H,1H3,(H,34,37)(H,35,39)(H,36,38)(H2,33,40,41)/b28-19-. The Morgan fingerprint density at radius 3 is 2.09 bits per heavy atom. The number of primary sulfonamides is 1. The molecule has 0 aliphatic carbocycles. The van der Waals surface area contributed by atoms with Gasteiger partial charge in [0.25, 0.3) is 11.8 Å². The van der Waals surface area contributed by atoms with Crippen molar-refractivity contribution in [2.45, 2.75) is 22.0 Å². The fourth-order valence-electron chi connectivity index (χ4n) is 3.75. The molecule has 0 saturated heterocycles. The van der Waals surface area contributed by atoms with Gasteiger partial charge in [0, 0.05) is 26.3 Å². The van der Waals surface area contributed by atoms with Gasteiger partial charge in [0.15, 0.2) is 0 Å². The fourth-order valence-corrected chi connectivity index (χ4v) is 5.55. The zero-order chi connectivity index (χ0) is 31.0. The number of nitrogens with two attached hydrogens (primary N) is 1. The number of carbonyl (C=O) groups excluding carboxylic acids is 3. The molecular weight excluding hydrogens is 652 g/mol. The van der Waals surface area contributed by atoms with Gasteiger partial charge < -0.3 is 16.0 Å². The Bertz CT molecular complexity index is 1760. The molecule has 4 aromatic rings. The molecule has 0 spiro atoms. The monoisotopic (exact) mass is 678 g/mol. The Morgan fingerprint density at radius 2 is 1.47 bits per heavy atom. The van der Waals surface area contributed by atoms with Gasteiger partial charge in [-0.05, 0) is 91.4 Å². The first-order valence-corrected chi connectivity index (χ1v) is 16.1. The summed E-state index contributed by atoms with van der Waals surface area (Å²) in [5.74, 6) is -1.20. The number of anilines is 2. The van der Waals surface area contributed by atoms with Crippen LogP contribution in [-0.4, -0.2) is 31.4 Å². The summed E-state index contributed by atoms with van der Waals surface area (Å²) < 4.78 is 23.7. The van der Waals surface area contributed by atoms with Gasteiger partial charge in [0.2, 0.25) is 15.9 Å². The topological polar surface area (TPSA) is 147 Å². The smallest absolute Gasteiger partial charge is 0.272 e. The van der Waals surface area contributed by atoms with Crippen LogP contribution in [0.5, 0.6) is 0 Å². The van der Waals surface area contributed by atoms with Crippen molar-refractivity contribution in [2.24, 2.45) is 5.14 Å². The molecule has 3 amide bonds. The third-order valence-electron chi connectivity index (χ3n) is 5.93. The first-order chi connectivity index (χ1) is 20.5. The molecule has 0 bridgehead atoms. The van der Waals surface area contributed by atoms with E-state index in [-0.39, 0.29) is 16.5 Å². The Labute approximate surface area is 262 Å². The van der Waals surface area contributed by atoms with Crippen LogP contribution >= 0.6 is 27.7 Å². The first kappa shape index (κ1) is 31.7. The van der Waals surface area contributed by atoms with Crippen LogP contribution in [0.1, 0.15) is 22.8 Å². The molecule has 0 aromatic heterocycles. The van der Waals surface area contributed by atoms with Crippen molar-refractivity contribution in [3.8, 4) is 0 Å². The molecule has 4 aromatic carbocycles. The molecule has 0 fully saturated rings. The second-order valence-corrected chi connectivity index (χ2v) is 13.1. The molecule has 43 heavy (non-hydrogen) atoms. The third kappa shape index (κ3) is 9.38. The highest BCUT2D eigenvalue weighted by atomic mass is 79.9. The zero-order valence-electron chi connectivity index (χ0n) is 22.8. The van der Waals surface area contributed by atoms with Gasteiger partial charge in [-0.3, -0.25) is 14.4 Å². The van der Waals surface area contributed by atoms with Crippen molar-refractivity contribution in [2.75, 3.05) is 10.6 Å². The van der Waals surface area contributed by atoms with Gasteiger partial charge in [0.1, 0.15) is 5.70 Å². The molecule has 5 N–H and O–H groups in total. The summed E-state index contributed by atoms with van der Waals surface area (Å²) >= 11 is 4.73. The maximum absolute atomic E-state index is 13.3. The summed E-state index contributed by atoms with van der Waals surface area (Å²) in [6.45, 7) is 1.74. The van der Waals surface area contributed by atoms with Crippen molar-refractivity contribution in [1.29, 1.82) is 0 Å². The lowest BCUT2D eigenvalue weighted by Gasteiger charge is -2.14. The Balaban J connectivity index is 1.41. The van der Waals surface area contributed by atoms with Crippen molar-refractivity contribution in [3.05, 3.63) is 124 Å². The number of benzene rings is 4. The number of nitrogens with one attached hydrogen (secondary N) is 3. The highest BCUT2D eigenvalue weighted by Gasteiger charge is 2.17. The number of hydrogen-bond donors (Lipinski definition) is 4. The third-order valence-corrected chi connectivity index (χ3v) is 8.47. The lowest BCUT2D eigenvalue weighted by molar-refractivity contribution is -0.115. The molecule has 1 unspecified atom stereocenters. The van der Waals surface area contributed by atoms with Crippen LogP contribution in [-0.2, 0) is 19.6 Å². The minimum Gasteiger partial charge on any atom is -0.325 e. The summed E-state index contributed by atoms with van der Waals surface area (Å²) in [6.07, 6.45) is 1.59. The van der Waals surface area contributed by atoms with Crippen LogP contribution in [0, 0.1) is 0 Å². The molecule has 4 rings (SSSR count). The minimum absolute atomic E-state index is 0.0468. The summed E-state index contributed by atoms with van der Waals surface area (Å²) in [7, 11) is -3.82. The minimum atomic E-state index is -3.82. The number of carbonyl (C=O) groups is 3. The number of hydrogen-bond acceptors (Lipinski definition) is 6. The largest absolute Gasteiger partial charge is 0.325 e. The SMILES string of the molecule is CC(Sc1ccc(NC(=O)/C(=C/c2cccc(Br)c2)NC(=O)c2ccccc2)cc1)C(=O)Nc1ccc(S(N)(=O)=O)cc1. The summed E-state index contributed by atoms with van der Waals surface area (Å²) in [6, 6.07) is 28.4. The highest BCUT2D eigenvalue weighted by Crippen LogP contribution is 2.26. The molecule has 0 aliphatic heterocycles. The van der Waals surface area contributed by atoms with E-state index in [9.17, 15) is 22.8 Å². The fraction of sp³-hybridized carbons (Fsp3) is 0.0645. The van der Waals surface area contributed by atoms with Crippen LogP contribution in [0.25, 0.3) is 6.08 Å². The molecule has 0 aliphatic rings. The summed E-state index contributed by atoms with van der Waals surface area (Å²) in [5.41, 5.74) is 2.13. The lowest BCUT2D eigenvalue weighted by Crippen LogP contribution is -2.30. The molecule has 220 valence electrons. The number of thioether (sulfide) groups is 1. The molecule has 9 nitrogen and oxygen atoms in total. The molecule has 0 heterocycles. The van der Waals surface area contributed by atoms with E-state index >= 15 is 0 Å². The number of rotatable bonds is 10. The molecule has 1 atom stereocenters. The van der Waals surface area contributed by atoms with Crippen LogP contribution < -0.4 is 21.1 Å². The van der Waals surface area contributed by atoms with Gasteiger partial charge in [-0.2, -0.15) is 0 Å². The van der Waals surface area contributed by atoms with Crippen LogP contribution in [0.4, 0.5) is 11.4 Å². The van der Waals surface area contributed by atoms with Crippen LogP contribution in [0.3, 0.4) is 0 Å². The predicted molar refractivity (Wildman–Crippen MR) is 173 cm³/mol. The Morgan fingerprint density at radius 1 is 0.837 bits per heavy atom. The van der Waals surface area contributed by atoms with Gasteiger partial charge >= 0.3 is 0 Å². The van der Waals surface area contributed by atoms with Gasteiger partial charge in [-0.15, -0.1) is 11.8 Å². The quantitative estimate of drug-likeness (QED) is 0.126. The van der Waals surface area contributed by atoms with E-state index in [1.165, 1.54) is 36.0 Å². The lowest BCUT2D eigenvalue weighted by atomic mass is 10.1. The number of sulfonamides is 1. The van der Waals surface area contributed by atoms with Crippen molar-refractivity contribution < 1.29 is 22.8 Å². The summed E-state index contributed by atoms with van der Waals surface area (Å²) in [5, 5.41) is 12.9. The average Bonchev–Trinajstić information content (AvgIpc) is 2.98. The molecular formula is C31H27BrN4O5S2. The highest BCUT2D eigenvalue weighted by molar-refractivity contribution is 9.10. The van der Waals surface area contributed by atoms with Crippen molar-refractivity contribution >= 4 is 72.9 Å². The van der Waals surface area contributed by atoms with Crippen LogP contribution in [0.2, 0.25) is 0 Å². The first-order valence-electron chi connectivity index (χ1n) is 12.8. The second-order valence-electron chi connectivity index (χ2n) is 9.23. The molecule has 0 radical (unpaired) electrons. The second kappa shape index (κ2) is 14.3. The van der Waals surface area contributed by atoms with E-state index in [0.717, 1.165) is 9.37 Å². The molecule has 0 saturated carbocycles. The van der Waals surface area contributed by atoms with E-state index in [1.54, 1.807) is 67.6 Å². The van der Waals surface area contributed by atoms with Crippen LogP contribution in [0.15, 0.2) is 123 Å². The molecule has 12 heteroatoms. The Hall–Kier alpha value is -4.23. The zero-order valence-corrected chi connectivity index (χ0v) is 26.0. The van der Waals surface area contributed by atoms with Gasteiger partial charge in [-0.25, -0.2) is 13.6 Å². The van der Waals surface area contributed by atoms with Crippen molar-refractivity contribution in [3.63, 3.8) is 0 Å². The maximum atomic E-state index is 13.3. The van der Waals surface area contributed by atoms with E-state index in [1.807, 2.05) is 24.3 Å².